The summed E-state index contributed by atoms with van der Waals surface area (Å²) in [6.07, 6.45) is 1.92. The van der Waals surface area contributed by atoms with Gasteiger partial charge in [-0.1, -0.05) is 146 Å². The predicted octanol–water partition coefficient (Wildman–Crippen LogP) is 13.8. The third-order valence-electron chi connectivity index (χ3n) is 10.5. The van der Waals surface area contributed by atoms with Crippen molar-refractivity contribution in [3.05, 3.63) is 181 Å². The second-order valence-corrected chi connectivity index (χ2v) is 16.0. The maximum Gasteiger partial charge on any atom is 0.107 e. The summed E-state index contributed by atoms with van der Waals surface area (Å²) < 4.78 is 7.71. The Morgan fingerprint density at radius 3 is 2.02 bits per heavy atom. The first-order valence-electron chi connectivity index (χ1n) is 18.6. The van der Waals surface area contributed by atoms with Gasteiger partial charge in [0.2, 0.25) is 0 Å². The van der Waals surface area contributed by atoms with Crippen molar-refractivity contribution in [2.45, 2.75) is 40.0 Å². The molecule has 2 aromatic heterocycles. The summed E-state index contributed by atoms with van der Waals surface area (Å²) >= 11 is 1.60. The Kier molecular flexibility index (Phi) is 10.2. The molecule has 6 aromatic carbocycles. The third-order valence-corrected chi connectivity index (χ3v) is 11.4. The number of pyridine rings is 1. The van der Waals surface area contributed by atoms with Crippen molar-refractivity contribution in [3.8, 4) is 44.3 Å². The smallest absolute Gasteiger partial charge is 0.107 e. The van der Waals surface area contributed by atoms with Crippen molar-refractivity contribution in [1.82, 2.24) is 4.98 Å². The van der Waals surface area contributed by atoms with Gasteiger partial charge < -0.3 is 14.5 Å². The number of allylic oxidation sites excluding steroid dienone is 2. The zero-order valence-corrected chi connectivity index (χ0v) is 35.0. The molecule has 0 aliphatic carbocycles. The number of para-hydroxylation sites is 1. The zero-order valence-electron chi connectivity index (χ0n) is 31.9. The summed E-state index contributed by atoms with van der Waals surface area (Å²) in [5.74, 6) is 0.631. The van der Waals surface area contributed by atoms with Crippen LogP contribution in [0.2, 0.25) is 0 Å². The molecule has 9 rings (SSSR count). The molecule has 1 aliphatic rings. The molecule has 0 saturated heterocycles. The number of hydrogen-bond donors (Lipinski definition) is 0. The van der Waals surface area contributed by atoms with Crippen LogP contribution in [0.4, 0.5) is 11.4 Å². The summed E-state index contributed by atoms with van der Waals surface area (Å²) in [6, 6.07) is 56.2. The van der Waals surface area contributed by atoms with Crippen LogP contribution in [0.15, 0.2) is 157 Å². The van der Waals surface area contributed by atoms with E-state index in [0.29, 0.717) is 10.8 Å². The number of fused-ring (bicyclic) bond motifs is 2. The predicted molar refractivity (Wildman–Crippen MR) is 230 cm³/mol. The molecule has 56 heavy (non-hydrogen) atoms. The van der Waals surface area contributed by atoms with Crippen molar-refractivity contribution in [2.75, 3.05) is 9.80 Å². The number of benzene rings is 6. The molecule has 0 N–H and O–H groups in total. The number of ether oxygens (including phenoxy) is 1. The molecule has 0 spiro atoms. The van der Waals surface area contributed by atoms with Gasteiger partial charge in [0.1, 0.15) is 5.06 Å². The van der Waals surface area contributed by atoms with Crippen LogP contribution in [0.1, 0.15) is 40.2 Å². The second-order valence-electron chi connectivity index (χ2n) is 15.0. The monoisotopic (exact) mass is 925 g/mol. The van der Waals surface area contributed by atoms with Crippen molar-refractivity contribution in [3.63, 3.8) is 0 Å². The van der Waals surface area contributed by atoms with Crippen LogP contribution in [-0.4, -0.2) is 4.98 Å². The molecule has 280 valence electrons. The molecule has 0 atom stereocenters. The van der Waals surface area contributed by atoms with Gasteiger partial charge in [-0.05, 0) is 53.5 Å². The minimum Gasteiger partial charge on any atom is -0.497 e. The third kappa shape index (κ3) is 6.95. The Balaban J connectivity index is 0.00000441. The van der Waals surface area contributed by atoms with Gasteiger partial charge in [0.25, 0.3) is 0 Å². The largest absolute Gasteiger partial charge is 0.497 e. The molecule has 8 aromatic rings. The summed E-state index contributed by atoms with van der Waals surface area (Å²) in [7, 11) is 0. The molecule has 0 amide bonds. The van der Waals surface area contributed by atoms with Crippen molar-refractivity contribution >= 4 is 43.6 Å². The number of anilines is 2. The second kappa shape index (κ2) is 15.2. The molecule has 0 bridgehead atoms. The van der Waals surface area contributed by atoms with E-state index >= 15 is 0 Å². The van der Waals surface area contributed by atoms with Crippen molar-refractivity contribution < 1.29 is 25.8 Å². The maximum atomic E-state index is 6.60. The van der Waals surface area contributed by atoms with Gasteiger partial charge >= 0.3 is 0 Å². The number of aromatic nitrogens is 1. The summed E-state index contributed by atoms with van der Waals surface area (Å²) in [5.41, 5.74) is 12.2. The first-order chi connectivity index (χ1) is 26.7. The van der Waals surface area contributed by atoms with Crippen LogP contribution in [0.25, 0.3) is 54.4 Å². The molecule has 1 aliphatic heterocycles. The number of hydrogen-bond acceptors (Lipinski definition) is 5. The van der Waals surface area contributed by atoms with E-state index in [0.717, 1.165) is 49.5 Å². The van der Waals surface area contributed by atoms with E-state index in [1.807, 2.05) is 18.3 Å². The molecule has 0 radical (unpaired) electrons. The fourth-order valence-electron chi connectivity index (χ4n) is 7.45. The number of thiophene rings is 1. The van der Waals surface area contributed by atoms with Crippen molar-refractivity contribution in [2.24, 2.45) is 0 Å². The van der Waals surface area contributed by atoms with E-state index in [4.69, 9.17) is 9.72 Å². The zero-order chi connectivity index (χ0) is 37.7. The maximum absolute atomic E-state index is 6.60. The minimum atomic E-state index is 0. The number of rotatable bonds is 7. The van der Waals surface area contributed by atoms with Crippen LogP contribution in [0.3, 0.4) is 0 Å². The quantitative estimate of drug-likeness (QED) is 0.149. The van der Waals surface area contributed by atoms with Gasteiger partial charge in [0, 0.05) is 66.9 Å². The molecule has 0 unspecified atom stereocenters. The fraction of sp³-hybridized carbons (Fsp3) is 0.120. The van der Waals surface area contributed by atoms with Crippen molar-refractivity contribution in [1.29, 1.82) is 0 Å². The van der Waals surface area contributed by atoms with Crippen LogP contribution in [-0.2, 0) is 26.5 Å². The number of nitrogens with zero attached hydrogens (tertiary/aromatic N) is 3. The average molecular weight is 926 g/mol. The Labute approximate surface area is 348 Å². The Morgan fingerprint density at radius 2 is 1.32 bits per heavy atom. The van der Waals surface area contributed by atoms with Crippen LogP contribution in [0.5, 0.6) is 10.8 Å². The average Bonchev–Trinajstić information content (AvgIpc) is 3.75. The Bertz CT molecular complexity index is 2670. The van der Waals surface area contributed by atoms with Gasteiger partial charge in [-0.15, -0.1) is 36.6 Å². The van der Waals surface area contributed by atoms with E-state index in [-0.39, 0.29) is 26.5 Å². The van der Waals surface area contributed by atoms with Crippen LogP contribution >= 0.6 is 11.3 Å². The molecule has 0 fully saturated rings. The first-order valence-corrected chi connectivity index (χ1v) is 19.4. The Morgan fingerprint density at radius 1 is 0.679 bits per heavy atom. The van der Waals surface area contributed by atoms with E-state index in [2.05, 4.69) is 191 Å². The van der Waals surface area contributed by atoms with E-state index in [9.17, 15) is 0 Å². The molecule has 3 heterocycles. The topological polar surface area (TPSA) is 28.6 Å². The van der Waals surface area contributed by atoms with Crippen LogP contribution in [0, 0.1) is 18.8 Å². The first kappa shape index (κ1) is 37.4. The summed E-state index contributed by atoms with van der Waals surface area (Å²) in [6.45, 7) is 13.2. The summed E-state index contributed by atoms with van der Waals surface area (Å²) in [5, 5.41) is 4.02. The SMILES string of the molecule is CC1=C(C)N(c2c(-c3ccccc3)cccc2-c2ccccc2)[CH-]N1c1[c-]c(Oc2[c-]c3c(-c4cc(C(C)(C)C)ccn4)c4ccccc4cc3s2)ccc1.[Pt]. The van der Waals surface area contributed by atoms with E-state index in [1.54, 1.807) is 11.3 Å². The van der Waals surface area contributed by atoms with E-state index in [1.165, 1.54) is 33.2 Å². The molecular formula is C50H40N3OPtS-3. The van der Waals surface area contributed by atoms with Gasteiger partial charge in [-0.3, -0.25) is 4.98 Å². The van der Waals surface area contributed by atoms with Gasteiger partial charge in [0.15, 0.2) is 0 Å². The van der Waals surface area contributed by atoms with Gasteiger partial charge in [-0.2, -0.15) is 22.8 Å². The molecule has 0 saturated carbocycles. The standard InChI is InChI=1S/C50H40N3OS.Pt/c1-33-34(2)53(49-42(35-16-8-6-9-17-35)24-15-25-43(49)36-18-10-7-11-19-36)32-52(33)39-21-14-22-40(30-39)54-47-31-44-46(55-47)28-37-20-12-13-23-41(37)48(44)45-29-38(26-27-51-45)50(3,4)5;/h6-29,32H,1-5H3;/q-3;. The van der Waals surface area contributed by atoms with Gasteiger partial charge in [-0.25, -0.2) is 0 Å². The van der Waals surface area contributed by atoms with Gasteiger partial charge in [0.05, 0.1) is 0 Å². The molecule has 4 nitrogen and oxygen atoms in total. The van der Waals surface area contributed by atoms with Crippen LogP contribution < -0.4 is 14.5 Å². The molecule has 6 heteroatoms. The Hall–Kier alpha value is -5.48. The normalized spacial score (nSPS) is 13.1. The van der Waals surface area contributed by atoms with E-state index < -0.39 is 0 Å². The minimum absolute atomic E-state index is 0. The fourth-order valence-corrected chi connectivity index (χ4v) is 8.37. The molecular weight excluding hydrogens is 886 g/mol. The summed E-state index contributed by atoms with van der Waals surface area (Å²) in [4.78, 5) is 9.39.